The fourth-order valence-corrected chi connectivity index (χ4v) is 3.41. The van der Waals surface area contributed by atoms with Gasteiger partial charge in [-0.25, -0.2) is 0 Å². The minimum atomic E-state index is 0.451. The molecule has 0 bridgehead atoms. The molecule has 2 heterocycles. The number of piperidine rings is 1. The van der Waals surface area contributed by atoms with Crippen molar-refractivity contribution in [2.24, 2.45) is 5.92 Å². The van der Waals surface area contributed by atoms with E-state index in [9.17, 15) is 0 Å². The van der Waals surface area contributed by atoms with Crippen LogP contribution in [0.1, 0.15) is 25.3 Å². The van der Waals surface area contributed by atoms with Gasteiger partial charge in [0.1, 0.15) is 5.75 Å². The smallest absolute Gasteiger partial charge is 0.119 e. The lowest BCUT2D eigenvalue weighted by Gasteiger charge is -2.34. The summed E-state index contributed by atoms with van der Waals surface area (Å²) >= 11 is 0. The number of fused-ring (bicyclic) bond motifs is 1. The minimum Gasteiger partial charge on any atom is -0.497 e. The van der Waals surface area contributed by atoms with Crippen molar-refractivity contribution >= 4 is 0 Å². The largest absolute Gasteiger partial charge is 0.497 e. The fraction of sp³-hybridized carbons (Fsp3) is 0.625. The number of hydrogen-bond acceptors (Lipinski definition) is 3. The normalized spacial score (nSPS) is 31.2. The van der Waals surface area contributed by atoms with E-state index in [1.165, 1.54) is 24.9 Å². The Morgan fingerprint density at radius 2 is 2.32 bits per heavy atom. The fourth-order valence-electron chi connectivity index (χ4n) is 3.41. The van der Waals surface area contributed by atoms with Gasteiger partial charge in [-0.15, -0.1) is 0 Å². The zero-order chi connectivity index (χ0) is 13.2. The summed E-state index contributed by atoms with van der Waals surface area (Å²) < 4.78 is 11.3. The number of benzene rings is 1. The maximum atomic E-state index is 6.01. The lowest BCUT2D eigenvalue weighted by atomic mass is 9.92. The number of methoxy groups -OCH3 is 1. The Morgan fingerprint density at radius 3 is 3.16 bits per heavy atom. The zero-order valence-corrected chi connectivity index (χ0v) is 11.8. The van der Waals surface area contributed by atoms with Crippen LogP contribution in [0.2, 0.25) is 0 Å². The molecule has 2 fully saturated rings. The van der Waals surface area contributed by atoms with E-state index in [-0.39, 0.29) is 0 Å². The molecule has 2 aliphatic rings. The van der Waals surface area contributed by atoms with Crippen LogP contribution in [0.4, 0.5) is 0 Å². The van der Waals surface area contributed by atoms with Crippen molar-refractivity contribution in [3.8, 4) is 5.75 Å². The molecular weight excluding hydrogens is 238 g/mol. The number of nitrogens with zero attached hydrogens (tertiary/aromatic N) is 1. The average Bonchev–Trinajstić information content (AvgIpc) is 2.78. The molecule has 0 saturated carbocycles. The summed E-state index contributed by atoms with van der Waals surface area (Å²) in [7, 11) is 1.72. The first-order valence-corrected chi connectivity index (χ1v) is 7.25. The van der Waals surface area contributed by atoms with Gasteiger partial charge in [-0.1, -0.05) is 12.1 Å². The van der Waals surface area contributed by atoms with E-state index in [0.29, 0.717) is 12.2 Å². The van der Waals surface area contributed by atoms with Gasteiger partial charge in [0.15, 0.2) is 0 Å². The molecule has 3 rings (SSSR count). The second-order valence-electron chi connectivity index (χ2n) is 5.86. The first-order valence-electron chi connectivity index (χ1n) is 7.25. The van der Waals surface area contributed by atoms with Crippen molar-refractivity contribution in [1.29, 1.82) is 0 Å². The Labute approximate surface area is 115 Å². The molecule has 0 aliphatic carbocycles. The van der Waals surface area contributed by atoms with Crippen LogP contribution in [-0.4, -0.2) is 37.3 Å². The summed E-state index contributed by atoms with van der Waals surface area (Å²) in [5, 5.41) is 0. The summed E-state index contributed by atoms with van der Waals surface area (Å²) in [6.07, 6.45) is 3.43. The molecule has 1 aromatic carbocycles. The van der Waals surface area contributed by atoms with Gasteiger partial charge >= 0.3 is 0 Å². The average molecular weight is 261 g/mol. The minimum absolute atomic E-state index is 0.451. The Bertz CT molecular complexity index is 435. The highest BCUT2D eigenvalue weighted by molar-refractivity contribution is 5.28. The Kier molecular flexibility index (Phi) is 3.76. The van der Waals surface area contributed by atoms with E-state index in [2.05, 4.69) is 30.0 Å². The van der Waals surface area contributed by atoms with Gasteiger partial charge in [-0.2, -0.15) is 0 Å². The van der Waals surface area contributed by atoms with Crippen LogP contribution >= 0.6 is 0 Å². The lowest BCUT2D eigenvalue weighted by Crippen LogP contribution is -2.41. The van der Waals surface area contributed by atoms with Gasteiger partial charge in [0, 0.05) is 13.1 Å². The molecule has 0 aromatic heterocycles. The Balaban J connectivity index is 1.61. The van der Waals surface area contributed by atoms with Crippen molar-refractivity contribution in [2.75, 3.05) is 20.2 Å². The monoisotopic (exact) mass is 261 g/mol. The third kappa shape index (κ3) is 2.93. The molecule has 3 atom stereocenters. The van der Waals surface area contributed by atoms with E-state index < -0.39 is 0 Å². The summed E-state index contributed by atoms with van der Waals surface area (Å²) in [4.78, 5) is 2.51. The van der Waals surface area contributed by atoms with Gasteiger partial charge in [-0.3, -0.25) is 4.90 Å². The number of ether oxygens (including phenoxy) is 2. The standard InChI is InChI=1S/C16H23NO2/c1-12-8-14-6-7-17(11-16(14)19-12)10-13-4-3-5-15(9-13)18-2/h3-5,9,12,14,16H,6-8,10-11H2,1-2H3/t12-,14-,16+/m1/s1. The molecule has 0 radical (unpaired) electrons. The van der Waals surface area contributed by atoms with Crippen LogP contribution in [0.25, 0.3) is 0 Å². The maximum Gasteiger partial charge on any atom is 0.119 e. The van der Waals surface area contributed by atoms with Gasteiger partial charge in [0.2, 0.25) is 0 Å². The van der Waals surface area contributed by atoms with Gasteiger partial charge in [0.05, 0.1) is 19.3 Å². The highest BCUT2D eigenvalue weighted by Gasteiger charge is 2.37. The van der Waals surface area contributed by atoms with Crippen LogP contribution in [0.3, 0.4) is 0 Å². The molecule has 3 nitrogen and oxygen atoms in total. The maximum absolute atomic E-state index is 6.01. The predicted octanol–water partition coefficient (Wildman–Crippen LogP) is 2.69. The van der Waals surface area contributed by atoms with E-state index >= 15 is 0 Å². The molecule has 2 aliphatic heterocycles. The molecule has 2 saturated heterocycles. The van der Waals surface area contributed by atoms with Crippen LogP contribution in [0, 0.1) is 5.92 Å². The highest BCUT2D eigenvalue weighted by atomic mass is 16.5. The van der Waals surface area contributed by atoms with Gasteiger partial charge in [0.25, 0.3) is 0 Å². The molecule has 0 N–H and O–H groups in total. The number of rotatable bonds is 3. The van der Waals surface area contributed by atoms with Crippen molar-refractivity contribution < 1.29 is 9.47 Å². The molecule has 0 spiro atoms. The van der Waals surface area contributed by atoms with Crippen LogP contribution in [-0.2, 0) is 11.3 Å². The van der Waals surface area contributed by atoms with E-state index in [1.807, 2.05) is 6.07 Å². The second-order valence-corrected chi connectivity index (χ2v) is 5.86. The van der Waals surface area contributed by atoms with Crippen LogP contribution in [0.5, 0.6) is 5.75 Å². The summed E-state index contributed by atoms with van der Waals surface area (Å²) in [6, 6.07) is 8.36. The molecule has 1 aromatic rings. The van der Waals surface area contributed by atoms with Crippen molar-refractivity contribution in [1.82, 2.24) is 4.90 Å². The third-order valence-electron chi connectivity index (χ3n) is 4.36. The number of likely N-dealkylation sites (tertiary alicyclic amines) is 1. The molecular formula is C16H23NO2. The van der Waals surface area contributed by atoms with Gasteiger partial charge in [-0.05, 0) is 49.9 Å². The predicted molar refractivity (Wildman–Crippen MR) is 75.3 cm³/mol. The molecule has 0 amide bonds. The first-order chi connectivity index (χ1) is 9.24. The molecule has 104 valence electrons. The SMILES string of the molecule is COc1cccc(CN2CC[C@@H]3C[C@@H](C)O[C@H]3C2)c1. The quantitative estimate of drug-likeness (QED) is 0.835. The zero-order valence-electron chi connectivity index (χ0n) is 11.8. The number of hydrogen-bond donors (Lipinski definition) is 0. The van der Waals surface area contributed by atoms with Crippen LogP contribution in [0.15, 0.2) is 24.3 Å². The Morgan fingerprint density at radius 1 is 1.42 bits per heavy atom. The lowest BCUT2D eigenvalue weighted by molar-refractivity contribution is -0.00276. The highest BCUT2D eigenvalue weighted by Crippen LogP contribution is 2.33. The second kappa shape index (κ2) is 5.51. The van der Waals surface area contributed by atoms with Crippen molar-refractivity contribution in [3.05, 3.63) is 29.8 Å². The topological polar surface area (TPSA) is 21.7 Å². The third-order valence-corrected chi connectivity index (χ3v) is 4.36. The van der Waals surface area contributed by atoms with Crippen molar-refractivity contribution in [3.63, 3.8) is 0 Å². The summed E-state index contributed by atoms with van der Waals surface area (Å²) in [5.74, 6) is 1.73. The molecule has 3 heteroatoms. The van der Waals surface area contributed by atoms with Crippen LogP contribution < -0.4 is 4.74 Å². The summed E-state index contributed by atoms with van der Waals surface area (Å²) in [5.41, 5.74) is 1.32. The molecule has 0 unspecified atom stereocenters. The first kappa shape index (κ1) is 12.9. The van der Waals surface area contributed by atoms with Gasteiger partial charge < -0.3 is 9.47 Å². The van der Waals surface area contributed by atoms with Crippen molar-refractivity contribution in [2.45, 2.75) is 38.5 Å². The van der Waals surface area contributed by atoms with E-state index in [1.54, 1.807) is 7.11 Å². The van der Waals surface area contributed by atoms with E-state index in [4.69, 9.17) is 9.47 Å². The van der Waals surface area contributed by atoms with E-state index in [0.717, 1.165) is 24.8 Å². The molecule has 19 heavy (non-hydrogen) atoms. The Hall–Kier alpha value is -1.06. The summed E-state index contributed by atoms with van der Waals surface area (Å²) in [6.45, 7) is 5.46.